The molecule has 5 nitrogen and oxygen atoms in total. The number of ether oxygens (including phenoxy) is 1. The van der Waals surface area contributed by atoms with Crippen LogP contribution in [0.1, 0.15) is 68.9 Å². The van der Waals surface area contributed by atoms with Crippen LogP contribution in [0.4, 0.5) is 0 Å². The average Bonchev–Trinajstić information content (AvgIpc) is 3.30. The average molecular weight is 473 g/mol. The molecular weight excluding hydrogens is 432 g/mol. The lowest BCUT2D eigenvalue weighted by Crippen LogP contribution is -2.43. The Hall–Kier alpha value is -2.18. The van der Waals surface area contributed by atoms with Crippen molar-refractivity contribution in [2.24, 2.45) is 0 Å². The lowest BCUT2D eigenvalue weighted by molar-refractivity contribution is -0.145. The fourth-order valence-corrected chi connectivity index (χ4v) is 4.54. The zero-order valence-corrected chi connectivity index (χ0v) is 21.1. The summed E-state index contributed by atoms with van der Waals surface area (Å²) >= 11 is 1.77. The Balaban J connectivity index is 1.54. The summed E-state index contributed by atoms with van der Waals surface area (Å²) in [6, 6.07) is 11.6. The number of amides is 1. The van der Waals surface area contributed by atoms with Crippen molar-refractivity contribution in [2.75, 3.05) is 20.6 Å². The van der Waals surface area contributed by atoms with Gasteiger partial charge in [-0.2, -0.15) is 11.3 Å². The summed E-state index contributed by atoms with van der Waals surface area (Å²) in [5.74, 6) is -0.265. The highest BCUT2D eigenvalue weighted by Crippen LogP contribution is 2.13. The number of hydrogen-bond acceptors (Lipinski definition) is 5. The zero-order chi connectivity index (χ0) is 23.7. The van der Waals surface area contributed by atoms with Crippen LogP contribution in [0.5, 0.6) is 0 Å². The van der Waals surface area contributed by atoms with Crippen molar-refractivity contribution in [3.8, 4) is 0 Å². The summed E-state index contributed by atoms with van der Waals surface area (Å²) in [7, 11) is 3.88. The van der Waals surface area contributed by atoms with E-state index >= 15 is 0 Å². The van der Waals surface area contributed by atoms with Crippen molar-refractivity contribution < 1.29 is 14.3 Å². The molecule has 1 unspecified atom stereocenters. The SMILES string of the molecule is CN(C)CC(CC(=O)OCc1ccccc1)NC(=O)CCCCCCCCCc1ccsc1. The molecule has 6 heteroatoms. The van der Waals surface area contributed by atoms with E-state index in [2.05, 4.69) is 22.1 Å². The molecule has 0 bridgehead atoms. The number of hydrogen-bond donors (Lipinski definition) is 1. The molecule has 33 heavy (non-hydrogen) atoms. The molecule has 0 aliphatic carbocycles. The molecule has 2 aromatic rings. The number of rotatable bonds is 17. The summed E-state index contributed by atoms with van der Waals surface area (Å²) in [6.45, 7) is 0.869. The minimum atomic E-state index is -0.287. The molecule has 0 fully saturated rings. The van der Waals surface area contributed by atoms with Crippen LogP contribution in [0, 0.1) is 0 Å². The number of unbranched alkanes of at least 4 members (excludes halogenated alkanes) is 6. The van der Waals surface area contributed by atoms with Gasteiger partial charge >= 0.3 is 5.97 Å². The number of aryl methyl sites for hydroxylation is 1. The van der Waals surface area contributed by atoms with Crippen LogP contribution in [0.3, 0.4) is 0 Å². The number of nitrogens with one attached hydrogen (secondary N) is 1. The lowest BCUT2D eigenvalue weighted by atomic mass is 10.1. The van der Waals surface area contributed by atoms with Gasteiger partial charge in [-0.05, 0) is 61.3 Å². The van der Waals surface area contributed by atoms with Gasteiger partial charge in [0.2, 0.25) is 5.91 Å². The molecule has 0 aliphatic rings. The number of likely N-dealkylation sites (N-methyl/N-ethyl adjacent to an activating group) is 1. The quantitative estimate of drug-likeness (QED) is 0.241. The molecule has 0 aliphatic heterocycles. The third-order valence-electron chi connectivity index (χ3n) is 5.56. The van der Waals surface area contributed by atoms with Gasteiger partial charge in [0.15, 0.2) is 0 Å². The molecular formula is C27H40N2O3S. The maximum Gasteiger partial charge on any atom is 0.308 e. The second-order valence-corrected chi connectivity index (χ2v) is 9.76. The molecule has 0 spiro atoms. The summed E-state index contributed by atoms with van der Waals surface area (Å²) < 4.78 is 5.39. The maximum absolute atomic E-state index is 12.4. The normalized spacial score (nSPS) is 12.0. The van der Waals surface area contributed by atoms with Gasteiger partial charge in [0, 0.05) is 13.0 Å². The van der Waals surface area contributed by atoms with Gasteiger partial charge < -0.3 is 15.0 Å². The second-order valence-electron chi connectivity index (χ2n) is 8.98. The minimum Gasteiger partial charge on any atom is -0.461 e. The van der Waals surface area contributed by atoms with Crippen LogP contribution >= 0.6 is 11.3 Å². The van der Waals surface area contributed by atoms with Crippen LogP contribution in [-0.2, 0) is 27.4 Å². The Morgan fingerprint density at radius 2 is 1.64 bits per heavy atom. The predicted molar refractivity (Wildman–Crippen MR) is 136 cm³/mol. The van der Waals surface area contributed by atoms with E-state index in [-0.39, 0.29) is 30.9 Å². The third-order valence-corrected chi connectivity index (χ3v) is 6.29. The smallest absolute Gasteiger partial charge is 0.308 e. The molecule has 1 aromatic carbocycles. The van der Waals surface area contributed by atoms with E-state index in [0.717, 1.165) is 18.4 Å². The van der Waals surface area contributed by atoms with Crippen LogP contribution in [0.25, 0.3) is 0 Å². The Kier molecular flexibility index (Phi) is 13.5. The van der Waals surface area contributed by atoms with E-state index in [0.29, 0.717) is 13.0 Å². The Morgan fingerprint density at radius 3 is 2.30 bits per heavy atom. The standard InChI is InChI=1S/C27H40N2O3S/c1-29(2)20-25(19-27(31)32-21-23-13-10-8-11-14-23)28-26(30)16-12-7-5-3-4-6-9-15-24-17-18-33-22-24/h8,10-11,13-14,17-18,22,25H,3-7,9,12,15-16,19-21H2,1-2H3,(H,28,30). The number of nitrogens with zero attached hydrogens (tertiary/aromatic N) is 1. The maximum atomic E-state index is 12.4. The van der Waals surface area contributed by atoms with Crippen LogP contribution < -0.4 is 5.32 Å². The Morgan fingerprint density at radius 1 is 0.939 bits per heavy atom. The highest BCUT2D eigenvalue weighted by molar-refractivity contribution is 7.07. The van der Waals surface area contributed by atoms with Crippen molar-refractivity contribution in [3.05, 3.63) is 58.3 Å². The van der Waals surface area contributed by atoms with Gasteiger partial charge in [0.1, 0.15) is 6.61 Å². The number of thiophene rings is 1. The molecule has 1 amide bonds. The van der Waals surface area contributed by atoms with Gasteiger partial charge in [-0.1, -0.05) is 62.4 Å². The van der Waals surface area contributed by atoms with Crippen LogP contribution in [-0.4, -0.2) is 43.5 Å². The highest BCUT2D eigenvalue weighted by Gasteiger charge is 2.18. The van der Waals surface area contributed by atoms with Crippen molar-refractivity contribution in [3.63, 3.8) is 0 Å². The van der Waals surface area contributed by atoms with Gasteiger partial charge in [0.05, 0.1) is 12.5 Å². The monoisotopic (exact) mass is 472 g/mol. The van der Waals surface area contributed by atoms with Crippen molar-refractivity contribution in [2.45, 2.75) is 76.9 Å². The Labute approximate surface area is 203 Å². The molecule has 0 radical (unpaired) electrons. The zero-order valence-electron chi connectivity index (χ0n) is 20.3. The summed E-state index contributed by atoms with van der Waals surface area (Å²) in [5, 5.41) is 7.41. The second kappa shape index (κ2) is 16.4. The fraction of sp³-hybridized carbons (Fsp3) is 0.556. The van der Waals surface area contributed by atoms with Gasteiger partial charge in [-0.3, -0.25) is 9.59 Å². The van der Waals surface area contributed by atoms with E-state index in [1.807, 2.05) is 49.3 Å². The molecule has 1 atom stereocenters. The first kappa shape index (κ1) is 27.1. The molecule has 0 saturated heterocycles. The number of carbonyl (C=O) groups is 2. The van der Waals surface area contributed by atoms with E-state index < -0.39 is 0 Å². The summed E-state index contributed by atoms with van der Waals surface area (Å²) in [6.07, 6.45) is 10.1. The van der Waals surface area contributed by atoms with Crippen molar-refractivity contribution >= 4 is 23.2 Å². The number of esters is 1. The molecule has 2 rings (SSSR count). The highest BCUT2D eigenvalue weighted by atomic mass is 32.1. The molecule has 1 aromatic heterocycles. The van der Waals surface area contributed by atoms with Gasteiger partial charge in [-0.25, -0.2) is 0 Å². The van der Waals surface area contributed by atoms with Gasteiger partial charge in [-0.15, -0.1) is 0 Å². The lowest BCUT2D eigenvalue weighted by Gasteiger charge is -2.22. The molecule has 1 heterocycles. The van der Waals surface area contributed by atoms with E-state index in [1.165, 1.54) is 44.1 Å². The number of benzene rings is 1. The topological polar surface area (TPSA) is 58.6 Å². The van der Waals surface area contributed by atoms with Crippen LogP contribution in [0.2, 0.25) is 0 Å². The first-order valence-corrected chi connectivity index (χ1v) is 13.1. The van der Waals surface area contributed by atoms with E-state index in [1.54, 1.807) is 11.3 Å². The predicted octanol–water partition coefficient (Wildman–Crippen LogP) is 5.59. The Bertz CT molecular complexity index is 778. The molecule has 182 valence electrons. The molecule has 0 saturated carbocycles. The van der Waals surface area contributed by atoms with E-state index in [4.69, 9.17) is 4.74 Å². The van der Waals surface area contributed by atoms with E-state index in [9.17, 15) is 9.59 Å². The first-order chi connectivity index (χ1) is 16.0. The minimum absolute atomic E-state index is 0.0217. The van der Waals surface area contributed by atoms with Crippen molar-refractivity contribution in [1.82, 2.24) is 10.2 Å². The first-order valence-electron chi connectivity index (χ1n) is 12.2. The summed E-state index contributed by atoms with van der Waals surface area (Å²) in [4.78, 5) is 26.7. The van der Waals surface area contributed by atoms with Crippen LogP contribution in [0.15, 0.2) is 47.2 Å². The van der Waals surface area contributed by atoms with Gasteiger partial charge in [0.25, 0.3) is 0 Å². The van der Waals surface area contributed by atoms with Crippen molar-refractivity contribution in [1.29, 1.82) is 0 Å². The molecule has 1 N–H and O–H groups in total. The third kappa shape index (κ3) is 13.2. The fourth-order valence-electron chi connectivity index (χ4n) is 3.83. The summed E-state index contributed by atoms with van der Waals surface area (Å²) in [5.41, 5.74) is 2.42. The largest absolute Gasteiger partial charge is 0.461 e. The number of carbonyl (C=O) groups excluding carboxylic acids is 2.